The van der Waals surface area contributed by atoms with Gasteiger partial charge < -0.3 is 5.32 Å². The van der Waals surface area contributed by atoms with E-state index in [2.05, 4.69) is 51.8 Å². The van der Waals surface area contributed by atoms with Gasteiger partial charge in [0.15, 0.2) is 0 Å². The van der Waals surface area contributed by atoms with Gasteiger partial charge in [-0.25, -0.2) is 0 Å². The summed E-state index contributed by atoms with van der Waals surface area (Å²) in [5.74, 6) is 0.895. The minimum absolute atomic E-state index is 0.479. The van der Waals surface area contributed by atoms with Crippen LogP contribution in [0.1, 0.15) is 73.6 Å². The van der Waals surface area contributed by atoms with E-state index in [-0.39, 0.29) is 0 Å². The third-order valence-electron chi connectivity index (χ3n) is 5.30. The van der Waals surface area contributed by atoms with Crippen LogP contribution >= 0.6 is 0 Å². The molecule has 0 aliphatic carbocycles. The first-order valence-electron chi connectivity index (χ1n) is 8.85. The van der Waals surface area contributed by atoms with Gasteiger partial charge in [-0.15, -0.1) is 0 Å². The van der Waals surface area contributed by atoms with Crippen LogP contribution in [0.3, 0.4) is 0 Å². The third-order valence-corrected chi connectivity index (χ3v) is 5.30. The average Bonchev–Trinajstić information content (AvgIpc) is 2.65. The maximum absolute atomic E-state index is 3.74. The maximum atomic E-state index is 3.74. The molecule has 2 atom stereocenters. The lowest BCUT2D eigenvalue weighted by atomic mass is 9.77. The van der Waals surface area contributed by atoms with Crippen LogP contribution < -0.4 is 5.32 Å². The molecule has 2 unspecified atom stereocenters. The summed E-state index contributed by atoms with van der Waals surface area (Å²) in [5, 5.41) is 3.74. The SMILES string of the molecule is CCC(CC)NCC(C)N1CCCC(C(C)(C)C)CC1. The van der Waals surface area contributed by atoms with Crippen molar-refractivity contribution < 1.29 is 0 Å². The van der Waals surface area contributed by atoms with Gasteiger partial charge in [-0.2, -0.15) is 0 Å². The second-order valence-electron chi connectivity index (χ2n) is 7.80. The second-order valence-corrected chi connectivity index (χ2v) is 7.80. The van der Waals surface area contributed by atoms with E-state index in [1.165, 1.54) is 45.2 Å². The molecule has 120 valence electrons. The molecule has 1 fully saturated rings. The molecular formula is C18H38N2. The van der Waals surface area contributed by atoms with Gasteiger partial charge in [0.1, 0.15) is 0 Å². The van der Waals surface area contributed by atoms with Crippen LogP contribution in [0.15, 0.2) is 0 Å². The summed E-state index contributed by atoms with van der Waals surface area (Å²) in [4.78, 5) is 2.71. The highest BCUT2D eigenvalue weighted by molar-refractivity contribution is 4.81. The molecule has 0 saturated carbocycles. The Hall–Kier alpha value is -0.0800. The summed E-state index contributed by atoms with van der Waals surface area (Å²) in [6.07, 6.45) is 6.65. The van der Waals surface area contributed by atoms with Crippen LogP contribution in [0, 0.1) is 11.3 Å². The predicted octanol–water partition coefficient (Wildman–Crippen LogP) is 4.30. The van der Waals surface area contributed by atoms with Gasteiger partial charge in [0, 0.05) is 18.6 Å². The molecule has 0 spiro atoms. The number of hydrogen-bond acceptors (Lipinski definition) is 2. The van der Waals surface area contributed by atoms with E-state index in [0.717, 1.165) is 12.5 Å². The molecule has 1 saturated heterocycles. The van der Waals surface area contributed by atoms with E-state index < -0.39 is 0 Å². The second kappa shape index (κ2) is 8.38. The van der Waals surface area contributed by atoms with E-state index in [1.807, 2.05) is 0 Å². The van der Waals surface area contributed by atoms with E-state index in [9.17, 15) is 0 Å². The third kappa shape index (κ3) is 5.73. The lowest BCUT2D eigenvalue weighted by molar-refractivity contribution is 0.184. The van der Waals surface area contributed by atoms with Crippen molar-refractivity contribution in [3.8, 4) is 0 Å². The molecule has 0 aromatic rings. The molecule has 20 heavy (non-hydrogen) atoms. The van der Waals surface area contributed by atoms with Gasteiger partial charge >= 0.3 is 0 Å². The minimum Gasteiger partial charge on any atom is -0.312 e. The van der Waals surface area contributed by atoms with Crippen LogP contribution in [0.2, 0.25) is 0 Å². The fraction of sp³-hybridized carbons (Fsp3) is 1.00. The van der Waals surface area contributed by atoms with E-state index in [0.29, 0.717) is 17.5 Å². The van der Waals surface area contributed by atoms with E-state index in [4.69, 9.17) is 0 Å². The van der Waals surface area contributed by atoms with Crippen molar-refractivity contribution in [1.82, 2.24) is 10.2 Å². The molecule has 0 aromatic carbocycles. The highest BCUT2D eigenvalue weighted by atomic mass is 15.2. The zero-order valence-corrected chi connectivity index (χ0v) is 14.8. The van der Waals surface area contributed by atoms with Crippen molar-refractivity contribution in [3.63, 3.8) is 0 Å². The Labute approximate surface area is 127 Å². The first kappa shape index (κ1) is 18.0. The Morgan fingerprint density at radius 3 is 2.30 bits per heavy atom. The van der Waals surface area contributed by atoms with Gasteiger partial charge in [0.2, 0.25) is 0 Å². The first-order valence-corrected chi connectivity index (χ1v) is 8.85. The van der Waals surface area contributed by atoms with Crippen LogP contribution in [0.25, 0.3) is 0 Å². The summed E-state index contributed by atoms with van der Waals surface area (Å²) in [6.45, 7) is 17.9. The van der Waals surface area contributed by atoms with Crippen molar-refractivity contribution in [1.29, 1.82) is 0 Å². The molecule has 0 aromatic heterocycles. The molecule has 1 rings (SSSR count). The number of nitrogens with one attached hydrogen (secondary N) is 1. The van der Waals surface area contributed by atoms with Gasteiger partial charge in [-0.3, -0.25) is 4.90 Å². The highest BCUT2D eigenvalue weighted by Crippen LogP contribution is 2.34. The lowest BCUT2D eigenvalue weighted by Gasteiger charge is -2.31. The van der Waals surface area contributed by atoms with Gasteiger partial charge in [-0.1, -0.05) is 34.6 Å². The standard InChI is InChI=1S/C18H38N2/c1-7-17(8-2)19-14-15(3)20-12-9-10-16(11-13-20)18(4,5)6/h15-17,19H,7-14H2,1-6H3. The molecule has 2 nitrogen and oxygen atoms in total. The van der Waals surface area contributed by atoms with Gasteiger partial charge in [0.25, 0.3) is 0 Å². The van der Waals surface area contributed by atoms with Crippen LogP contribution in [0.5, 0.6) is 0 Å². The fourth-order valence-electron chi connectivity index (χ4n) is 3.47. The smallest absolute Gasteiger partial charge is 0.0192 e. The zero-order valence-electron chi connectivity index (χ0n) is 14.8. The van der Waals surface area contributed by atoms with Gasteiger partial charge in [-0.05, 0) is 63.5 Å². The van der Waals surface area contributed by atoms with Crippen molar-refractivity contribution in [3.05, 3.63) is 0 Å². The van der Waals surface area contributed by atoms with Crippen LogP contribution in [-0.2, 0) is 0 Å². The molecule has 0 amide bonds. The van der Waals surface area contributed by atoms with Crippen molar-refractivity contribution in [2.45, 2.75) is 85.7 Å². The summed E-state index contributed by atoms with van der Waals surface area (Å²) >= 11 is 0. The Kier molecular flexibility index (Phi) is 7.53. The van der Waals surface area contributed by atoms with E-state index in [1.54, 1.807) is 0 Å². The molecular weight excluding hydrogens is 244 g/mol. The Morgan fingerprint density at radius 1 is 1.10 bits per heavy atom. The normalized spacial score (nSPS) is 23.9. The number of nitrogens with zero attached hydrogens (tertiary/aromatic N) is 1. The zero-order chi connectivity index (χ0) is 15.2. The molecule has 2 heteroatoms. The number of hydrogen-bond donors (Lipinski definition) is 1. The molecule has 1 heterocycles. The van der Waals surface area contributed by atoms with Crippen molar-refractivity contribution >= 4 is 0 Å². The summed E-state index contributed by atoms with van der Waals surface area (Å²) < 4.78 is 0. The average molecular weight is 283 g/mol. The Balaban J connectivity index is 2.40. The topological polar surface area (TPSA) is 15.3 Å². The van der Waals surface area contributed by atoms with Crippen molar-refractivity contribution in [2.75, 3.05) is 19.6 Å². The molecule has 1 aliphatic heterocycles. The summed E-state index contributed by atoms with van der Waals surface area (Å²) in [7, 11) is 0. The number of rotatable bonds is 6. The highest BCUT2D eigenvalue weighted by Gasteiger charge is 2.28. The minimum atomic E-state index is 0.479. The Bertz CT molecular complexity index is 253. The molecule has 0 bridgehead atoms. The van der Waals surface area contributed by atoms with E-state index >= 15 is 0 Å². The summed E-state index contributed by atoms with van der Waals surface area (Å²) in [6, 6.07) is 1.38. The monoisotopic (exact) mass is 282 g/mol. The molecule has 1 aliphatic rings. The molecule has 0 radical (unpaired) electrons. The Morgan fingerprint density at radius 2 is 1.75 bits per heavy atom. The van der Waals surface area contributed by atoms with Crippen molar-refractivity contribution in [2.24, 2.45) is 11.3 Å². The fourth-order valence-corrected chi connectivity index (χ4v) is 3.47. The lowest BCUT2D eigenvalue weighted by Crippen LogP contribution is -2.43. The molecule has 1 N–H and O–H groups in total. The quantitative estimate of drug-likeness (QED) is 0.781. The largest absolute Gasteiger partial charge is 0.312 e. The van der Waals surface area contributed by atoms with Crippen LogP contribution in [-0.4, -0.2) is 36.6 Å². The number of likely N-dealkylation sites (tertiary alicyclic amines) is 1. The summed E-state index contributed by atoms with van der Waals surface area (Å²) in [5.41, 5.74) is 0.479. The predicted molar refractivity (Wildman–Crippen MR) is 90.2 cm³/mol. The van der Waals surface area contributed by atoms with Crippen LogP contribution in [0.4, 0.5) is 0 Å². The first-order chi connectivity index (χ1) is 9.38. The van der Waals surface area contributed by atoms with Gasteiger partial charge in [0.05, 0.1) is 0 Å². The maximum Gasteiger partial charge on any atom is 0.0192 e.